The predicted molar refractivity (Wildman–Crippen MR) is 105 cm³/mol. The van der Waals surface area contributed by atoms with E-state index in [0.717, 1.165) is 36.1 Å². The molecule has 1 heterocycles. The van der Waals surface area contributed by atoms with Gasteiger partial charge in [-0.15, -0.1) is 0 Å². The molecule has 144 valence electrons. The van der Waals surface area contributed by atoms with Crippen molar-refractivity contribution >= 4 is 28.9 Å². The van der Waals surface area contributed by atoms with Gasteiger partial charge in [0.15, 0.2) is 0 Å². The maximum atomic E-state index is 11.5. The maximum Gasteiger partial charge on any atom is 0.335 e. The number of nitrogens with one attached hydrogen (secondary N) is 1. The fraction of sp³-hybridized carbons (Fsp3) is 0.381. The number of carbonyl (C=O) groups is 1. The number of fused-ring (bicyclic) bond motifs is 7. The summed E-state index contributed by atoms with van der Waals surface area (Å²) in [6.45, 7) is 0. The molecule has 0 aromatic heterocycles. The second-order valence-corrected chi connectivity index (χ2v) is 8.54. The summed E-state index contributed by atoms with van der Waals surface area (Å²) in [4.78, 5) is 22.4. The van der Waals surface area contributed by atoms with E-state index in [9.17, 15) is 20.0 Å². The van der Waals surface area contributed by atoms with Gasteiger partial charge in [0, 0.05) is 28.4 Å². The highest BCUT2D eigenvalue weighted by molar-refractivity contribution is 6.31. The van der Waals surface area contributed by atoms with Crippen molar-refractivity contribution in [1.29, 1.82) is 0 Å². The molecule has 2 fully saturated rings. The van der Waals surface area contributed by atoms with Crippen LogP contribution in [0.4, 0.5) is 11.4 Å². The van der Waals surface area contributed by atoms with E-state index in [1.807, 2.05) is 6.07 Å². The zero-order valence-corrected chi connectivity index (χ0v) is 15.7. The molecule has 5 rings (SSSR count). The van der Waals surface area contributed by atoms with Crippen molar-refractivity contribution in [2.75, 3.05) is 5.32 Å². The van der Waals surface area contributed by atoms with E-state index in [1.54, 1.807) is 24.3 Å². The van der Waals surface area contributed by atoms with Crippen LogP contribution in [0.5, 0.6) is 0 Å². The van der Waals surface area contributed by atoms with E-state index < -0.39 is 10.9 Å². The molecule has 6 nitrogen and oxygen atoms in total. The molecule has 0 saturated heterocycles. The molecule has 2 aliphatic carbocycles. The Morgan fingerprint density at radius 2 is 1.93 bits per heavy atom. The third-order valence-corrected chi connectivity index (χ3v) is 7.20. The number of rotatable bonds is 3. The molecule has 28 heavy (non-hydrogen) atoms. The summed E-state index contributed by atoms with van der Waals surface area (Å²) < 4.78 is 0. The molecule has 2 bridgehead atoms. The Balaban J connectivity index is 1.65. The SMILES string of the molecule is O=C(O)c1ccc2c(c1)[C@@H]1[C@H]3CC[C@@H](C3)[C@@H]1[C@H](c1cc([N+](=O)[O-])ccc1Cl)N2. The number of carboxylic acid groups (broad SMARTS) is 1. The summed E-state index contributed by atoms with van der Waals surface area (Å²) in [7, 11) is 0. The van der Waals surface area contributed by atoms with Crippen molar-refractivity contribution in [2.24, 2.45) is 17.8 Å². The lowest BCUT2D eigenvalue weighted by molar-refractivity contribution is -0.384. The van der Waals surface area contributed by atoms with Gasteiger partial charge in [0.1, 0.15) is 0 Å². The van der Waals surface area contributed by atoms with Crippen LogP contribution in [-0.4, -0.2) is 16.0 Å². The van der Waals surface area contributed by atoms with Crippen LogP contribution in [-0.2, 0) is 0 Å². The molecule has 3 aliphatic rings. The molecule has 5 atom stereocenters. The average Bonchev–Trinajstić information content (AvgIpc) is 3.29. The Morgan fingerprint density at radius 3 is 2.68 bits per heavy atom. The van der Waals surface area contributed by atoms with Gasteiger partial charge in [0.05, 0.1) is 16.5 Å². The molecule has 1 aliphatic heterocycles. The highest BCUT2D eigenvalue weighted by atomic mass is 35.5. The number of benzene rings is 2. The van der Waals surface area contributed by atoms with Crippen LogP contribution in [0.1, 0.15) is 52.7 Å². The summed E-state index contributed by atoms with van der Waals surface area (Å²) in [6.07, 6.45) is 3.42. The lowest BCUT2D eigenvalue weighted by atomic mass is 9.68. The monoisotopic (exact) mass is 398 g/mol. The predicted octanol–water partition coefficient (Wildman–Crippen LogP) is 5.24. The smallest absolute Gasteiger partial charge is 0.335 e. The van der Waals surface area contributed by atoms with Gasteiger partial charge in [-0.3, -0.25) is 10.1 Å². The van der Waals surface area contributed by atoms with E-state index in [1.165, 1.54) is 6.07 Å². The van der Waals surface area contributed by atoms with E-state index in [4.69, 9.17) is 11.6 Å². The fourth-order valence-electron chi connectivity index (χ4n) is 5.81. The van der Waals surface area contributed by atoms with E-state index in [2.05, 4.69) is 5.32 Å². The first-order valence-corrected chi connectivity index (χ1v) is 9.89. The van der Waals surface area contributed by atoms with Crippen LogP contribution in [0.25, 0.3) is 0 Å². The number of halogens is 1. The minimum absolute atomic E-state index is 0.0351. The first-order valence-electron chi connectivity index (χ1n) is 9.51. The second kappa shape index (κ2) is 6.21. The van der Waals surface area contributed by atoms with Gasteiger partial charge < -0.3 is 10.4 Å². The van der Waals surface area contributed by atoms with Crippen molar-refractivity contribution in [3.63, 3.8) is 0 Å². The van der Waals surface area contributed by atoms with Crippen LogP contribution in [0.15, 0.2) is 36.4 Å². The highest BCUT2D eigenvalue weighted by Gasteiger charge is 2.54. The third-order valence-electron chi connectivity index (χ3n) is 6.86. The molecule has 2 N–H and O–H groups in total. The van der Waals surface area contributed by atoms with E-state index >= 15 is 0 Å². The standard InChI is InChI=1S/C21H19ClN2O4/c22-16-5-4-13(24(27)28)9-14(16)20-19-11-2-1-10(7-11)18(19)15-8-12(21(25)26)3-6-17(15)23-20/h3-6,8-11,18-20,23H,1-2,7H2,(H,25,26)/t10-,11-,18-,19-,20-/m0/s1. The topological polar surface area (TPSA) is 92.5 Å². The minimum Gasteiger partial charge on any atom is -0.478 e. The second-order valence-electron chi connectivity index (χ2n) is 8.13. The van der Waals surface area contributed by atoms with Crippen molar-refractivity contribution in [1.82, 2.24) is 0 Å². The number of nitro groups is 1. The quantitative estimate of drug-likeness (QED) is 0.544. The summed E-state index contributed by atoms with van der Waals surface area (Å²) in [5.74, 6) is 0.639. The molecule has 2 aromatic rings. The first kappa shape index (κ1) is 17.5. The van der Waals surface area contributed by atoms with Crippen LogP contribution in [0, 0.1) is 27.9 Å². The Kier molecular flexibility index (Phi) is 3.88. The van der Waals surface area contributed by atoms with E-state index in [-0.39, 0.29) is 23.6 Å². The maximum absolute atomic E-state index is 11.5. The largest absolute Gasteiger partial charge is 0.478 e. The van der Waals surface area contributed by atoms with Crippen molar-refractivity contribution in [2.45, 2.75) is 31.2 Å². The Labute approximate surface area is 166 Å². The summed E-state index contributed by atoms with van der Waals surface area (Å²) in [6, 6.07) is 9.72. The van der Waals surface area contributed by atoms with Crippen LogP contribution in [0.2, 0.25) is 5.02 Å². The number of anilines is 1. The lowest BCUT2D eigenvalue weighted by Crippen LogP contribution is -2.35. The zero-order chi connectivity index (χ0) is 19.6. The number of aromatic carboxylic acids is 1. The van der Waals surface area contributed by atoms with Crippen LogP contribution in [0.3, 0.4) is 0 Å². The highest BCUT2D eigenvalue weighted by Crippen LogP contribution is 2.64. The first-order chi connectivity index (χ1) is 13.4. The van der Waals surface area contributed by atoms with Gasteiger partial charge in [-0.25, -0.2) is 4.79 Å². The number of hydrogen-bond donors (Lipinski definition) is 2. The molecule has 2 saturated carbocycles. The Morgan fingerprint density at radius 1 is 1.14 bits per heavy atom. The average molecular weight is 399 g/mol. The Bertz CT molecular complexity index is 1010. The molecular formula is C21H19ClN2O4. The molecule has 0 radical (unpaired) electrons. The molecule has 0 amide bonds. The van der Waals surface area contributed by atoms with Crippen molar-refractivity contribution in [3.8, 4) is 0 Å². The van der Waals surface area contributed by atoms with Crippen LogP contribution < -0.4 is 5.32 Å². The minimum atomic E-state index is -0.925. The third kappa shape index (κ3) is 2.51. The zero-order valence-electron chi connectivity index (χ0n) is 15.0. The Hall–Kier alpha value is -2.60. The summed E-state index contributed by atoms with van der Waals surface area (Å²) in [5, 5.41) is 24.8. The number of nitro benzene ring substituents is 1. The number of nitrogens with zero attached hydrogens (tertiary/aromatic N) is 1. The van der Waals surface area contributed by atoms with Gasteiger partial charge in [-0.1, -0.05) is 11.6 Å². The number of hydrogen-bond acceptors (Lipinski definition) is 4. The van der Waals surface area contributed by atoms with Crippen molar-refractivity contribution < 1.29 is 14.8 Å². The normalized spacial score (nSPS) is 29.7. The van der Waals surface area contributed by atoms with Gasteiger partial charge in [0.2, 0.25) is 0 Å². The molecule has 0 unspecified atom stereocenters. The molecular weight excluding hydrogens is 380 g/mol. The lowest BCUT2D eigenvalue weighted by Gasteiger charge is -2.43. The summed E-state index contributed by atoms with van der Waals surface area (Å²) in [5.41, 5.74) is 3.06. The molecule has 7 heteroatoms. The van der Waals surface area contributed by atoms with Gasteiger partial charge in [-0.05, 0) is 72.8 Å². The van der Waals surface area contributed by atoms with Crippen molar-refractivity contribution in [3.05, 3.63) is 68.2 Å². The van der Waals surface area contributed by atoms with E-state index in [0.29, 0.717) is 22.4 Å². The van der Waals surface area contributed by atoms with Gasteiger partial charge >= 0.3 is 5.97 Å². The fourth-order valence-corrected chi connectivity index (χ4v) is 6.05. The number of carboxylic acids is 1. The van der Waals surface area contributed by atoms with Gasteiger partial charge in [-0.2, -0.15) is 0 Å². The molecule has 0 spiro atoms. The number of non-ortho nitro benzene ring substituents is 1. The van der Waals surface area contributed by atoms with Gasteiger partial charge in [0.25, 0.3) is 5.69 Å². The van der Waals surface area contributed by atoms with Crippen LogP contribution >= 0.6 is 11.6 Å². The summed E-state index contributed by atoms with van der Waals surface area (Å²) >= 11 is 6.48. The molecule has 2 aromatic carbocycles.